The second kappa shape index (κ2) is 16.7. The van der Waals surface area contributed by atoms with Gasteiger partial charge in [-0.25, -0.2) is 0 Å². The molecule has 0 amide bonds. The number of rotatable bonds is 15. The van der Waals surface area contributed by atoms with Gasteiger partial charge in [-0.3, -0.25) is 0 Å². The molecule has 0 aromatic heterocycles. The average Bonchev–Trinajstić information content (AvgIpc) is 2.44. The Labute approximate surface area is 130 Å². The third kappa shape index (κ3) is 14.9. The molecule has 19 heavy (non-hydrogen) atoms. The Morgan fingerprint density at radius 3 is 1.37 bits per heavy atom. The summed E-state index contributed by atoms with van der Waals surface area (Å²) in [5.41, 5.74) is 0. The molecule has 0 fully saturated rings. The SMILES string of the molecule is CCCCCCCC[Si](CCCCCCCC)[Si][Si]. The molecule has 0 N–H and O–H groups in total. The van der Waals surface area contributed by atoms with Gasteiger partial charge in [0.05, 0.1) is 0 Å². The van der Waals surface area contributed by atoms with E-state index in [9.17, 15) is 0 Å². The molecule has 0 aliphatic heterocycles. The Morgan fingerprint density at radius 1 is 0.632 bits per heavy atom. The monoisotopic (exact) mass is 310 g/mol. The fraction of sp³-hybridized carbons (Fsp3) is 1.00. The summed E-state index contributed by atoms with van der Waals surface area (Å²) < 4.78 is 0. The zero-order valence-corrected chi connectivity index (χ0v) is 16.4. The Morgan fingerprint density at radius 2 is 1.00 bits per heavy atom. The normalized spacial score (nSPS) is 11.4. The topological polar surface area (TPSA) is 0 Å². The van der Waals surface area contributed by atoms with Crippen molar-refractivity contribution in [2.45, 2.75) is 103 Å². The fourth-order valence-electron chi connectivity index (χ4n) is 2.49. The average molecular weight is 311 g/mol. The molecular formula is C16H34Si3. The van der Waals surface area contributed by atoms with E-state index in [1.54, 1.807) is 12.1 Å². The van der Waals surface area contributed by atoms with Gasteiger partial charge in [0.25, 0.3) is 0 Å². The van der Waals surface area contributed by atoms with E-state index >= 15 is 0 Å². The van der Waals surface area contributed by atoms with Gasteiger partial charge >= 0.3 is 0 Å². The first-order valence-corrected chi connectivity index (χ1v) is 14.0. The summed E-state index contributed by atoms with van der Waals surface area (Å²) in [6, 6.07) is 3.13. The molecule has 6 radical (unpaired) electrons. The Kier molecular flexibility index (Phi) is 17.3. The number of unbranched alkanes of at least 4 members (excludes halogenated alkanes) is 10. The molecule has 0 heterocycles. The van der Waals surface area contributed by atoms with Gasteiger partial charge in [0.2, 0.25) is 0 Å². The molecule has 0 nitrogen and oxygen atoms in total. The fourth-order valence-corrected chi connectivity index (χ4v) is 8.40. The van der Waals surface area contributed by atoms with Crippen molar-refractivity contribution >= 4 is 26.6 Å². The first kappa shape index (κ1) is 19.7. The third-order valence-electron chi connectivity index (χ3n) is 3.84. The van der Waals surface area contributed by atoms with Crippen molar-refractivity contribution in [1.29, 1.82) is 0 Å². The third-order valence-corrected chi connectivity index (χ3v) is 11.9. The Balaban J connectivity index is 3.30. The first-order valence-electron chi connectivity index (χ1n) is 8.62. The van der Waals surface area contributed by atoms with Crippen LogP contribution in [-0.2, 0) is 0 Å². The standard InChI is InChI=1S/C16H34Si3/c1-3-5-7-9-11-13-15-19(18-17)16-14-12-10-8-6-4-2/h3-16H2,1-2H3. The second-order valence-corrected chi connectivity index (χ2v) is 13.3. The van der Waals surface area contributed by atoms with Gasteiger partial charge in [-0.15, -0.1) is 0 Å². The molecule has 0 rings (SSSR count). The van der Waals surface area contributed by atoms with Crippen LogP contribution < -0.4 is 0 Å². The van der Waals surface area contributed by atoms with Crippen LogP contribution in [0.25, 0.3) is 0 Å². The van der Waals surface area contributed by atoms with Crippen LogP contribution >= 0.6 is 0 Å². The summed E-state index contributed by atoms with van der Waals surface area (Å²) in [5.74, 6) is 0. The highest BCUT2D eigenvalue weighted by Crippen LogP contribution is 2.14. The van der Waals surface area contributed by atoms with Crippen molar-refractivity contribution in [1.82, 2.24) is 0 Å². The van der Waals surface area contributed by atoms with Crippen LogP contribution in [-0.4, -0.2) is 26.6 Å². The van der Waals surface area contributed by atoms with E-state index in [2.05, 4.69) is 23.6 Å². The van der Waals surface area contributed by atoms with Gasteiger partial charge < -0.3 is 0 Å². The highest BCUT2D eigenvalue weighted by Gasteiger charge is 2.08. The molecule has 110 valence electrons. The highest BCUT2D eigenvalue weighted by molar-refractivity contribution is 7.31. The van der Waals surface area contributed by atoms with Crippen LogP contribution in [0.15, 0.2) is 0 Å². The smallest absolute Gasteiger partial charge is 0.0303 e. The van der Waals surface area contributed by atoms with Crippen LogP contribution in [0, 0.1) is 0 Å². The minimum absolute atomic E-state index is 0.0277. The quantitative estimate of drug-likeness (QED) is 0.277. The van der Waals surface area contributed by atoms with Gasteiger partial charge in [-0.05, 0) is 0 Å². The van der Waals surface area contributed by atoms with Gasteiger partial charge in [-0.1, -0.05) is 103 Å². The summed E-state index contributed by atoms with van der Waals surface area (Å²) in [4.78, 5) is 0. The molecule has 0 aromatic rings. The second-order valence-electron chi connectivity index (χ2n) is 5.76. The van der Waals surface area contributed by atoms with Crippen LogP contribution in [0.5, 0.6) is 0 Å². The van der Waals surface area contributed by atoms with Crippen molar-refractivity contribution in [3.8, 4) is 0 Å². The largest absolute Gasteiger partial charge is 0.0654 e. The molecule has 0 unspecified atom stereocenters. The van der Waals surface area contributed by atoms with Crippen LogP contribution in [0.1, 0.15) is 90.9 Å². The minimum atomic E-state index is -0.0277. The maximum Gasteiger partial charge on any atom is 0.0303 e. The van der Waals surface area contributed by atoms with Crippen molar-refractivity contribution in [2.75, 3.05) is 0 Å². The van der Waals surface area contributed by atoms with Crippen LogP contribution in [0.4, 0.5) is 0 Å². The molecule has 0 aliphatic carbocycles. The molecule has 0 spiro atoms. The lowest BCUT2D eigenvalue weighted by atomic mass is 10.1. The summed E-state index contributed by atoms with van der Waals surface area (Å²) in [7, 11) is 4.88. The van der Waals surface area contributed by atoms with Crippen molar-refractivity contribution < 1.29 is 0 Å². The van der Waals surface area contributed by atoms with Crippen molar-refractivity contribution in [3.05, 3.63) is 0 Å². The first-order chi connectivity index (χ1) is 9.35. The number of hydrogen-bond acceptors (Lipinski definition) is 0. The lowest BCUT2D eigenvalue weighted by Gasteiger charge is -2.12. The lowest BCUT2D eigenvalue weighted by Crippen LogP contribution is -2.22. The predicted octanol–water partition coefficient (Wildman–Crippen LogP) is 5.49. The van der Waals surface area contributed by atoms with Crippen molar-refractivity contribution in [2.24, 2.45) is 0 Å². The van der Waals surface area contributed by atoms with E-state index in [1.807, 2.05) is 0 Å². The number of hydrogen-bond donors (Lipinski definition) is 0. The molecule has 0 aliphatic rings. The van der Waals surface area contributed by atoms with Crippen LogP contribution in [0.2, 0.25) is 12.1 Å². The van der Waals surface area contributed by atoms with E-state index in [-0.39, 0.29) is 8.31 Å². The van der Waals surface area contributed by atoms with Crippen molar-refractivity contribution in [3.63, 3.8) is 0 Å². The lowest BCUT2D eigenvalue weighted by molar-refractivity contribution is 0.618. The molecule has 0 saturated heterocycles. The molecule has 0 saturated carbocycles. The molecule has 0 aromatic carbocycles. The summed E-state index contributed by atoms with van der Waals surface area (Å²) in [5, 5.41) is 0. The van der Waals surface area contributed by atoms with Gasteiger partial charge in [0, 0.05) is 26.6 Å². The Bertz CT molecular complexity index is 146. The maximum atomic E-state index is 3.83. The summed E-state index contributed by atoms with van der Waals surface area (Å²) >= 11 is 0. The van der Waals surface area contributed by atoms with Crippen LogP contribution in [0.3, 0.4) is 0 Å². The molecule has 3 heteroatoms. The highest BCUT2D eigenvalue weighted by atomic mass is 29.5. The van der Waals surface area contributed by atoms with Gasteiger partial charge in [-0.2, -0.15) is 0 Å². The maximum absolute atomic E-state index is 3.83. The summed E-state index contributed by atoms with van der Waals surface area (Å²) in [6.07, 6.45) is 17.5. The predicted molar refractivity (Wildman–Crippen MR) is 93.6 cm³/mol. The molecule has 0 atom stereocenters. The summed E-state index contributed by atoms with van der Waals surface area (Å²) in [6.45, 7) is 4.60. The van der Waals surface area contributed by atoms with Gasteiger partial charge in [0.15, 0.2) is 0 Å². The van der Waals surface area contributed by atoms with Gasteiger partial charge in [0.1, 0.15) is 0 Å². The van der Waals surface area contributed by atoms with E-state index in [0.717, 1.165) is 8.55 Å². The van der Waals surface area contributed by atoms with E-state index in [4.69, 9.17) is 0 Å². The zero-order valence-electron chi connectivity index (χ0n) is 13.4. The van der Waals surface area contributed by atoms with E-state index in [1.165, 1.54) is 77.0 Å². The molecular weight excluding hydrogens is 276 g/mol. The minimum Gasteiger partial charge on any atom is -0.0654 e. The molecule has 0 bridgehead atoms. The zero-order chi connectivity index (χ0) is 14.2. The van der Waals surface area contributed by atoms with E-state index in [0.29, 0.717) is 0 Å². The van der Waals surface area contributed by atoms with E-state index < -0.39 is 0 Å². The Hall–Kier alpha value is 0.651.